The SMILES string of the molecule is Bn1c(=O)[nH]c(=O)[nH]c1=O. The minimum atomic E-state index is -0.784. The number of hydrogen-bond donors (Lipinski definition) is 2. The number of nitrogens with one attached hydrogen (secondary N) is 2. The Hall–Kier alpha value is -1.53. The van der Waals surface area contributed by atoms with Gasteiger partial charge < -0.3 is 4.48 Å². The quantitative estimate of drug-likeness (QED) is 0.369. The first-order chi connectivity index (χ1) is 4.61. The Morgan fingerprint density at radius 1 is 1.10 bits per heavy atom. The molecule has 0 bridgehead atoms. The molecule has 0 radical (unpaired) electrons. The second-order valence-electron chi connectivity index (χ2n) is 1.75. The molecule has 0 amide bonds. The van der Waals surface area contributed by atoms with E-state index in [0.29, 0.717) is 0 Å². The van der Waals surface area contributed by atoms with Crippen LogP contribution in [0.25, 0.3) is 0 Å². The van der Waals surface area contributed by atoms with Crippen LogP contribution in [0.5, 0.6) is 0 Å². The summed E-state index contributed by atoms with van der Waals surface area (Å²) in [5, 5.41) is 0. The minimum absolute atomic E-state index is 0.714. The predicted molar refractivity (Wildman–Crippen MR) is 35.9 cm³/mol. The molecule has 6 nitrogen and oxygen atoms in total. The molecule has 0 aromatic carbocycles. The van der Waals surface area contributed by atoms with Crippen LogP contribution in [0.3, 0.4) is 0 Å². The van der Waals surface area contributed by atoms with Crippen LogP contribution in [-0.4, -0.2) is 22.4 Å². The molecule has 0 saturated heterocycles. The van der Waals surface area contributed by atoms with Gasteiger partial charge in [0.15, 0.2) is 0 Å². The first kappa shape index (κ1) is 6.59. The summed E-state index contributed by atoms with van der Waals surface area (Å²) < 4.78 is 0.765. The lowest BCUT2D eigenvalue weighted by Gasteiger charge is -1.89. The van der Waals surface area contributed by atoms with Gasteiger partial charge >= 0.3 is 17.1 Å². The van der Waals surface area contributed by atoms with Crippen LogP contribution in [0.15, 0.2) is 14.4 Å². The van der Waals surface area contributed by atoms with Crippen LogP contribution >= 0.6 is 0 Å². The molecule has 0 unspecified atom stereocenters. The third-order valence-electron chi connectivity index (χ3n) is 1.05. The number of aromatic nitrogens is 3. The second-order valence-corrected chi connectivity index (χ2v) is 1.75. The van der Waals surface area contributed by atoms with E-state index in [-0.39, 0.29) is 0 Å². The Balaban J connectivity index is 3.80. The van der Waals surface area contributed by atoms with Gasteiger partial charge in [0.05, 0.1) is 0 Å². The zero-order valence-electron chi connectivity index (χ0n) is 5.17. The summed E-state index contributed by atoms with van der Waals surface area (Å²) in [6, 6.07) is 0. The first-order valence-electron chi connectivity index (χ1n) is 2.51. The highest BCUT2D eigenvalue weighted by molar-refractivity contribution is 6.06. The van der Waals surface area contributed by atoms with Crippen molar-refractivity contribution in [2.45, 2.75) is 0 Å². The average molecular weight is 141 g/mol. The van der Waals surface area contributed by atoms with E-state index in [4.69, 9.17) is 0 Å². The van der Waals surface area contributed by atoms with Crippen LogP contribution in [-0.2, 0) is 0 Å². The van der Waals surface area contributed by atoms with Gasteiger partial charge in [-0.2, -0.15) is 0 Å². The van der Waals surface area contributed by atoms with Gasteiger partial charge in [0, 0.05) is 0 Å². The third-order valence-corrected chi connectivity index (χ3v) is 1.05. The molecule has 0 fully saturated rings. The van der Waals surface area contributed by atoms with Crippen molar-refractivity contribution >= 4 is 7.98 Å². The summed E-state index contributed by atoms with van der Waals surface area (Å²) in [6.45, 7) is 0. The number of rotatable bonds is 0. The molecular formula is C3H4BN3O3. The van der Waals surface area contributed by atoms with Gasteiger partial charge in [-0.25, -0.2) is 14.4 Å². The van der Waals surface area contributed by atoms with Crippen molar-refractivity contribution in [3.63, 3.8) is 0 Å². The van der Waals surface area contributed by atoms with Crippen molar-refractivity contribution in [3.05, 3.63) is 31.5 Å². The molecule has 1 aromatic rings. The average Bonchev–Trinajstić information content (AvgIpc) is 1.82. The highest BCUT2D eigenvalue weighted by Crippen LogP contribution is 1.41. The van der Waals surface area contributed by atoms with Gasteiger partial charge in [-0.05, 0) is 0 Å². The van der Waals surface area contributed by atoms with E-state index in [1.54, 1.807) is 0 Å². The summed E-state index contributed by atoms with van der Waals surface area (Å²) in [6.07, 6.45) is 0. The zero-order chi connectivity index (χ0) is 7.72. The summed E-state index contributed by atoms with van der Waals surface area (Å²) in [4.78, 5) is 35.2. The molecule has 0 aliphatic heterocycles. The smallest absolute Gasteiger partial charge is 0.300 e. The van der Waals surface area contributed by atoms with Gasteiger partial charge in [-0.1, -0.05) is 0 Å². The molecule has 1 rings (SSSR count). The molecule has 2 N–H and O–H groups in total. The first-order valence-corrected chi connectivity index (χ1v) is 2.51. The van der Waals surface area contributed by atoms with Crippen LogP contribution in [0.2, 0.25) is 0 Å². The molecule has 52 valence electrons. The van der Waals surface area contributed by atoms with Crippen molar-refractivity contribution in [1.29, 1.82) is 0 Å². The van der Waals surface area contributed by atoms with Crippen LogP contribution < -0.4 is 17.1 Å². The summed E-state index contributed by atoms with van der Waals surface area (Å²) in [5.41, 5.74) is -2.21. The van der Waals surface area contributed by atoms with E-state index in [9.17, 15) is 14.4 Å². The van der Waals surface area contributed by atoms with Crippen molar-refractivity contribution in [2.75, 3.05) is 0 Å². The summed E-state index contributed by atoms with van der Waals surface area (Å²) in [5.74, 6) is 0. The monoisotopic (exact) mass is 141 g/mol. The topological polar surface area (TPSA) is 87.7 Å². The van der Waals surface area contributed by atoms with E-state index < -0.39 is 17.1 Å². The van der Waals surface area contributed by atoms with E-state index >= 15 is 0 Å². The molecule has 10 heavy (non-hydrogen) atoms. The number of H-pyrrole nitrogens is 2. The molecule has 0 atom stereocenters. The van der Waals surface area contributed by atoms with Crippen LogP contribution in [0.4, 0.5) is 0 Å². The van der Waals surface area contributed by atoms with Gasteiger partial charge in [0.25, 0.3) is 0 Å². The summed E-state index contributed by atoms with van der Waals surface area (Å²) in [7, 11) is 1.26. The normalized spacial score (nSPS) is 9.60. The Morgan fingerprint density at radius 3 is 1.90 bits per heavy atom. The van der Waals surface area contributed by atoms with Gasteiger partial charge in [-0.3, -0.25) is 9.97 Å². The van der Waals surface area contributed by atoms with Crippen molar-refractivity contribution in [1.82, 2.24) is 14.4 Å². The molecule has 1 heterocycles. The van der Waals surface area contributed by atoms with Crippen LogP contribution in [0, 0.1) is 0 Å². The Kier molecular flexibility index (Phi) is 1.33. The van der Waals surface area contributed by atoms with E-state index in [0.717, 1.165) is 4.48 Å². The van der Waals surface area contributed by atoms with Crippen molar-refractivity contribution < 1.29 is 0 Å². The molecule has 0 saturated carbocycles. The van der Waals surface area contributed by atoms with Gasteiger partial charge in [-0.15, -0.1) is 0 Å². The zero-order valence-corrected chi connectivity index (χ0v) is 5.17. The number of nitrogens with zero attached hydrogens (tertiary/aromatic N) is 1. The Labute approximate surface area is 55.0 Å². The second kappa shape index (κ2) is 2.01. The Bertz CT molecular complexity index is 364. The standard InChI is InChI=1S/C3H4BN3O3/c4-7-2(9)5-1(8)6-3(7)10/h4H2,(H2,5,6,8,9,10). The molecule has 0 aliphatic carbocycles. The van der Waals surface area contributed by atoms with Crippen LogP contribution in [0.1, 0.15) is 0 Å². The fourth-order valence-electron chi connectivity index (χ4n) is 0.485. The lowest BCUT2D eigenvalue weighted by molar-refractivity contribution is 0.842. The lowest BCUT2D eigenvalue weighted by Crippen LogP contribution is -2.42. The predicted octanol–water partition coefficient (Wildman–Crippen LogP) is -3.38. The van der Waals surface area contributed by atoms with Gasteiger partial charge in [0.1, 0.15) is 0 Å². The fourth-order valence-corrected chi connectivity index (χ4v) is 0.485. The molecule has 1 aromatic heterocycles. The molecule has 0 spiro atoms. The van der Waals surface area contributed by atoms with E-state index in [1.807, 2.05) is 9.97 Å². The summed E-state index contributed by atoms with van der Waals surface area (Å²) >= 11 is 0. The highest BCUT2D eigenvalue weighted by Gasteiger charge is 1.93. The molecule has 7 heteroatoms. The molecule has 0 aliphatic rings. The largest absolute Gasteiger partial charge is 0.330 e. The Morgan fingerprint density at radius 2 is 1.50 bits per heavy atom. The maximum Gasteiger partial charge on any atom is 0.330 e. The third kappa shape index (κ3) is 0.926. The maximum absolute atomic E-state index is 10.5. The number of hydrogen-bond acceptors (Lipinski definition) is 3. The lowest BCUT2D eigenvalue weighted by atomic mass is 10.4. The van der Waals surface area contributed by atoms with Crippen molar-refractivity contribution in [3.8, 4) is 0 Å². The maximum atomic E-state index is 10.5. The van der Waals surface area contributed by atoms with E-state index in [1.165, 1.54) is 7.98 Å². The van der Waals surface area contributed by atoms with Crippen molar-refractivity contribution in [2.24, 2.45) is 0 Å². The fraction of sp³-hybridized carbons (Fsp3) is 0. The van der Waals surface area contributed by atoms with Gasteiger partial charge in [0.2, 0.25) is 7.98 Å². The molecular weight excluding hydrogens is 137 g/mol. The number of aromatic amines is 2. The minimum Gasteiger partial charge on any atom is -0.300 e. The van der Waals surface area contributed by atoms with E-state index in [2.05, 4.69) is 0 Å². The highest BCUT2D eigenvalue weighted by atomic mass is 16.2.